The van der Waals surface area contributed by atoms with Crippen molar-refractivity contribution in [3.05, 3.63) is 23.8 Å². The van der Waals surface area contributed by atoms with Gasteiger partial charge in [-0.25, -0.2) is 0 Å². The van der Waals surface area contributed by atoms with Crippen LogP contribution in [0.2, 0.25) is 0 Å². The van der Waals surface area contributed by atoms with Crippen LogP contribution in [0.15, 0.2) is 18.2 Å². The number of ketones is 1. The molecule has 2 aromatic heterocycles. The number of ether oxygens (including phenoxy) is 2. The van der Waals surface area contributed by atoms with Gasteiger partial charge in [-0.2, -0.15) is 9.97 Å². The lowest BCUT2D eigenvalue weighted by molar-refractivity contribution is -0.128. The van der Waals surface area contributed by atoms with Gasteiger partial charge in [0.1, 0.15) is 6.61 Å². The number of pyridine rings is 2. The summed E-state index contributed by atoms with van der Waals surface area (Å²) in [5.41, 5.74) is 0.880. The lowest BCUT2D eigenvalue weighted by Crippen LogP contribution is -2.27. The van der Waals surface area contributed by atoms with E-state index in [-0.39, 0.29) is 17.8 Å². The summed E-state index contributed by atoms with van der Waals surface area (Å²) in [4.78, 5) is 21.1. The molecule has 0 aliphatic heterocycles. The summed E-state index contributed by atoms with van der Waals surface area (Å²) in [6, 6.07) is 5.75. The van der Waals surface area contributed by atoms with Gasteiger partial charge >= 0.3 is 0 Å². The first kappa shape index (κ1) is 18.2. The zero-order valence-electron chi connectivity index (χ0n) is 15.6. The summed E-state index contributed by atoms with van der Waals surface area (Å²) in [7, 11) is 1.57. The molecule has 5 nitrogen and oxygen atoms in total. The van der Waals surface area contributed by atoms with E-state index in [2.05, 4.69) is 30.7 Å². The lowest BCUT2D eigenvalue weighted by atomic mass is 9.87. The smallest absolute Gasteiger partial charge is 0.219 e. The van der Waals surface area contributed by atoms with Crippen molar-refractivity contribution in [2.24, 2.45) is 5.41 Å². The minimum atomic E-state index is -0.444. The number of aromatic nitrogens is 2. The Kier molecular flexibility index (Phi) is 4.83. The van der Waals surface area contributed by atoms with Gasteiger partial charge in [-0.05, 0) is 17.5 Å². The molecule has 2 rings (SSSR count). The summed E-state index contributed by atoms with van der Waals surface area (Å²) >= 11 is 0. The third kappa shape index (κ3) is 4.02. The molecule has 130 valence electrons. The van der Waals surface area contributed by atoms with Crippen LogP contribution in [-0.4, -0.2) is 29.5 Å². The maximum Gasteiger partial charge on any atom is 0.219 e. The normalized spacial score (nSPS) is 12.3. The zero-order chi connectivity index (χ0) is 18.1. The van der Waals surface area contributed by atoms with Crippen molar-refractivity contribution in [2.45, 2.75) is 47.0 Å². The van der Waals surface area contributed by atoms with Crippen LogP contribution in [0.1, 0.15) is 47.1 Å². The standard InChI is InChI=1S/C19H26N2O3/c1-18(2,3)13-10-12-8-9-15(23-7)20-16(12)21-17(13)24-11-14(22)19(4,5)6/h8-10H,11H2,1-7H3. The minimum absolute atomic E-state index is 0.00491. The van der Waals surface area contributed by atoms with E-state index in [0.29, 0.717) is 17.4 Å². The first-order valence-corrected chi connectivity index (χ1v) is 8.05. The second kappa shape index (κ2) is 6.38. The summed E-state index contributed by atoms with van der Waals surface area (Å²) in [5, 5.41) is 0.912. The second-order valence-electron chi connectivity index (χ2n) is 7.95. The molecule has 0 N–H and O–H groups in total. The number of hydrogen-bond acceptors (Lipinski definition) is 5. The van der Waals surface area contributed by atoms with Gasteiger partial charge in [0.25, 0.3) is 0 Å². The highest BCUT2D eigenvalue weighted by molar-refractivity contribution is 5.85. The first-order chi connectivity index (χ1) is 11.0. The SMILES string of the molecule is COc1ccc2cc(C(C)(C)C)c(OCC(=O)C(C)(C)C)nc2n1. The van der Waals surface area contributed by atoms with Gasteiger partial charge in [-0.3, -0.25) is 4.79 Å². The third-order valence-electron chi connectivity index (χ3n) is 3.81. The molecule has 0 aromatic carbocycles. The van der Waals surface area contributed by atoms with E-state index in [9.17, 15) is 4.79 Å². The van der Waals surface area contributed by atoms with Crippen LogP contribution in [0.3, 0.4) is 0 Å². The van der Waals surface area contributed by atoms with Crippen molar-refractivity contribution in [2.75, 3.05) is 13.7 Å². The summed E-state index contributed by atoms with van der Waals surface area (Å²) in [6.07, 6.45) is 0. The third-order valence-corrected chi connectivity index (χ3v) is 3.81. The monoisotopic (exact) mass is 330 g/mol. The van der Waals surface area contributed by atoms with Crippen LogP contribution < -0.4 is 9.47 Å². The fourth-order valence-electron chi connectivity index (χ4n) is 2.13. The van der Waals surface area contributed by atoms with Crippen LogP contribution in [0.25, 0.3) is 11.0 Å². The molecule has 24 heavy (non-hydrogen) atoms. The Bertz CT molecular complexity index is 756. The van der Waals surface area contributed by atoms with Gasteiger partial charge in [0, 0.05) is 22.4 Å². The number of hydrogen-bond donors (Lipinski definition) is 0. The molecule has 0 aliphatic carbocycles. The molecular formula is C19H26N2O3. The Hall–Kier alpha value is -2.17. The molecule has 2 aromatic rings. The molecule has 0 amide bonds. The van der Waals surface area contributed by atoms with E-state index in [0.717, 1.165) is 10.9 Å². The van der Waals surface area contributed by atoms with Gasteiger partial charge in [0.2, 0.25) is 11.8 Å². The Morgan fingerprint density at radius 1 is 1.08 bits per heavy atom. The van der Waals surface area contributed by atoms with E-state index in [1.165, 1.54) is 0 Å². The van der Waals surface area contributed by atoms with Crippen molar-refractivity contribution >= 4 is 16.8 Å². The van der Waals surface area contributed by atoms with Gasteiger partial charge < -0.3 is 9.47 Å². The Morgan fingerprint density at radius 2 is 1.75 bits per heavy atom. The Balaban J connectivity index is 2.46. The van der Waals surface area contributed by atoms with Crippen molar-refractivity contribution in [1.82, 2.24) is 9.97 Å². The molecule has 0 spiro atoms. The number of methoxy groups -OCH3 is 1. The fourth-order valence-corrected chi connectivity index (χ4v) is 2.13. The van der Waals surface area contributed by atoms with Gasteiger partial charge in [0.05, 0.1) is 7.11 Å². The number of carbonyl (C=O) groups is 1. The average molecular weight is 330 g/mol. The molecular weight excluding hydrogens is 304 g/mol. The lowest BCUT2D eigenvalue weighted by Gasteiger charge is -2.23. The van der Waals surface area contributed by atoms with Crippen LogP contribution in [0, 0.1) is 5.41 Å². The Labute approximate surface area is 143 Å². The van der Waals surface area contributed by atoms with E-state index >= 15 is 0 Å². The van der Waals surface area contributed by atoms with E-state index in [1.54, 1.807) is 13.2 Å². The second-order valence-corrected chi connectivity index (χ2v) is 7.95. The number of Topliss-reactive ketones (excluding diaryl/α,β-unsaturated/α-hetero) is 1. The topological polar surface area (TPSA) is 61.3 Å². The maximum absolute atomic E-state index is 12.2. The van der Waals surface area contributed by atoms with Crippen molar-refractivity contribution in [3.63, 3.8) is 0 Å². The predicted molar refractivity (Wildman–Crippen MR) is 94.7 cm³/mol. The number of nitrogens with zero attached hydrogens (tertiary/aromatic N) is 2. The van der Waals surface area contributed by atoms with Crippen LogP contribution >= 0.6 is 0 Å². The van der Waals surface area contributed by atoms with E-state index < -0.39 is 5.41 Å². The molecule has 2 heterocycles. The van der Waals surface area contributed by atoms with Crippen LogP contribution in [-0.2, 0) is 10.2 Å². The average Bonchev–Trinajstić information content (AvgIpc) is 2.49. The van der Waals surface area contributed by atoms with Gasteiger partial charge in [0.15, 0.2) is 11.4 Å². The highest BCUT2D eigenvalue weighted by atomic mass is 16.5. The van der Waals surface area contributed by atoms with Crippen molar-refractivity contribution < 1.29 is 14.3 Å². The molecule has 0 fully saturated rings. The van der Waals surface area contributed by atoms with Gasteiger partial charge in [-0.15, -0.1) is 0 Å². The molecule has 0 unspecified atom stereocenters. The highest BCUT2D eigenvalue weighted by Crippen LogP contribution is 2.33. The van der Waals surface area contributed by atoms with Gasteiger partial charge in [-0.1, -0.05) is 41.5 Å². The van der Waals surface area contributed by atoms with Crippen molar-refractivity contribution in [3.8, 4) is 11.8 Å². The zero-order valence-corrected chi connectivity index (χ0v) is 15.6. The van der Waals surface area contributed by atoms with E-state index in [1.807, 2.05) is 32.9 Å². The maximum atomic E-state index is 12.2. The highest BCUT2D eigenvalue weighted by Gasteiger charge is 2.25. The van der Waals surface area contributed by atoms with Crippen LogP contribution in [0.5, 0.6) is 11.8 Å². The predicted octanol–water partition coefficient (Wildman–Crippen LogP) is 3.93. The Morgan fingerprint density at radius 3 is 2.29 bits per heavy atom. The minimum Gasteiger partial charge on any atom is -0.481 e. The van der Waals surface area contributed by atoms with Crippen LogP contribution in [0.4, 0.5) is 0 Å². The fraction of sp³-hybridized carbons (Fsp3) is 0.526. The molecule has 0 atom stereocenters. The summed E-state index contributed by atoms with van der Waals surface area (Å²) in [6.45, 7) is 11.9. The molecule has 0 aliphatic rings. The first-order valence-electron chi connectivity index (χ1n) is 8.05. The molecule has 0 radical (unpaired) electrons. The number of fused-ring (bicyclic) bond motifs is 1. The van der Waals surface area contributed by atoms with E-state index in [4.69, 9.17) is 9.47 Å². The quantitative estimate of drug-likeness (QED) is 0.850. The molecule has 0 saturated heterocycles. The molecule has 0 bridgehead atoms. The molecule has 0 saturated carbocycles. The number of rotatable bonds is 4. The number of carbonyl (C=O) groups excluding carboxylic acids is 1. The van der Waals surface area contributed by atoms with Crippen molar-refractivity contribution in [1.29, 1.82) is 0 Å². The summed E-state index contributed by atoms with van der Waals surface area (Å²) in [5.74, 6) is 0.978. The molecule has 5 heteroatoms. The largest absolute Gasteiger partial charge is 0.481 e. The summed E-state index contributed by atoms with van der Waals surface area (Å²) < 4.78 is 10.9.